The van der Waals surface area contributed by atoms with Gasteiger partial charge in [0.25, 0.3) is 0 Å². The number of carbonyl (C=O) groups is 2. The molecule has 8 nitrogen and oxygen atoms in total. The Morgan fingerprint density at radius 2 is 1.85 bits per heavy atom. The molecule has 3 fully saturated rings. The number of methoxy groups -OCH3 is 2. The van der Waals surface area contributed by atoms with E-state index >= 15 is 0 Å². The molecule has 0 unspecified atom stereocenters. The van der Waals surface area contributed by atoms with Crippen LogP contribution in [-0.4, -0.2) is 87.3 Å². The molecule has 1 saturated carbocycles. The van der Waals surface area contributed by atoms with Gasteiger partial charge in [-0.3, -0.25) is 14.5 Å². The number of amides is 2. The molecule has 34 heavy (non-hydrogen) atoms. The van der Waals surface area contributed by atoms with Crippen LogP contribution in [0.3, 0.4) is 0 Å². The number of nitrogens with zero attached hydrogens (tertiary/aromatic N) is 2. The number of morpholine rings is 1. The van der Waals surface area contributed by atoms with Crippen LogP contribution in [0, 0.1) is 5.92 Å². The summed E-state index contributed by atoms with van der Waals surface area (Å²) in [5.41, 5.74) is 1.11. The minimum Gasteiger partial charge on any atom is -0.493 e. The van der Waals surface area contributed by atoms with E-state index in [1.54, 1.807) is 14.2 Å². The number of hydrogen-bond donors (Lipinski definition) is 1. The molecule has 1 aromatic carbocycles. The predicted molar refractivity (Wildman–Crippen MR) is 129 cm³/mol. The Labute approximate surface area is 202 Å². The molecule has 0 aromatic heterocycles. The predicted octanol–water partition coefficient (Wildman–Crippen LogP) is 2.25. The lowest BCUT2D eigenvalue weighted by atomic mass is 9.79. The number of nitrogens with one attached hydrogen (secondary N) is 1. The minimum absolute atomic E-state index is 0.0141. The average molecular weight is 474 g/mol. The van der Waals surface area contributed by atoms with Crippen molar-refractivity contribution in [2.24, 2.45) is 5.92 Å². The zero-order valence-electron chi connectivity index (χ0n) is 20.6. The highest BCUT2D eigenvalue weighted by Crippen LogP contribution is 2.34. The van der Waals surface area contributed by atoms with Gasteiger partial charge in [0.2, 0.25) is 11.8 Å². The summed E-state index contributed by atoms with van der Waals surface area (Å²) < 4.78 is 16.2. The van der Waals surface area contributed by atoms with Gasteiger partial charge in [0.05, 0.1) is 33.4 Å². The summed E-state index contributed by atoms with van der Waals surface area (Å²) in [5.74, 6) is 1.17. The molecule has 8 heteroatoms. The van der Waals surface area contributed by atoms with Crippen LogP contribution in [0.25, 0.3) is 0 Å². The molecule has 0 bridgehead atoms. The van der Waals surface area contributed by atoms with Crippen LogP contribution < -0.4 is 14.8 Å². The second-order valence-corrected chi connectivity index (χ2v) is 9.78. The molecule has 188 valence electrons. The molecule has 1 N–H and O–H groups in total. The zero-order chi connectivity index (χ0) is 24.0. The Bertz CT molecular complexity index is 849. The highest BCUT2D eigenvalue weighted by atomic mass is 16.5. The zero-order valence-corrected chi connectivity index (χ0v) is 20.6. The highest BCUT2D eigenvalue weighted by Gasteiger charge is 2.40. The molecule has 3 aliphatic rings. The molecule has 1 atom stereocenters. The monoisotopic (exact) mass is 473 g/mol. The molecule has 0 spiro atoms. The van der Waals surface area contributed by atoms with Crippen LogP contribution >= 0.6 is 0 Å². The lowest BCUT2D eigenvalue weighted by Gasteiger charge is -2.48. The second-order valence-electron chi connectivity index (χ2n) is 9.78. The van der Waals surface area contributed by atoms with Crippen molar-refractivity contribution in [3.63, 3.8) is 0 Å². The van der Waals surface area contributed by atoms with Crippen molar-refractivity contribution >= 4 is 11.8 Å². The Morgan fingerprint density at radius 1 is 1.12 bits per heavy atom. The van der Waals surface area contributed by atoms with Crippen molar-refractivity contribution in [2.75, 3.05) is 60.2 Å². The van der Waals surface area contributed by atoms with Crippen molar-refractivity contribution in [3.05, 3.63) is 23.8 Å². The Balaban J connectivity index is 1.30. The topological polar surface area (TPSA) is 80.3 Å². The summed E-state index contributed by atoms with van der Waals surface area (Å²) in [4.78, 5) is 30.0. The molecule has 1 aliphatic carbocycles. The third-order valence-corrected chi connectivity index (χ3v) is 7.76. The van der Waals surface area contributed by atoms with Crippen molar-refractivity contribution in [2.45, 2.75) is 50.5 Å². The maximum absolute atomic E-state index is 13.1. The average Bonchev–Trinajstić information content (AvgIpc) is 3.27. The third-order valence-electron chi connectivity index (χ3n) is 7.76. The van der Waals surface area contributed by atoms with E-state index in [4.69, 9.17) is 14.2 Å². The number of ether oxygens (including phenoxy) is 3. The summed E-state index contributed by atoms with van der Waals surface area (Å²) in [6, 6.07) is 5.81. The Morgan fingerprint density at radius 3 is 2.56 bits per heavy atom. The quantitative estimate of drug-likeness (QED) is 0.593. The first-order valence-electron chi connectivity index (χ1n) is 12.6. The van der Waals surface area contributed by atoms with Gasteiger partial charge in [0.1, 0.15) is 0 Å². The molecule has 4 rings (SSSR count). The van der Waals surface area contributed by atoms with E-state index < -0.39 is 0 Å². The first kappa shape index (κ1) is 24.8. The smallest absolute Gasteiger partial charge is 0.225 e. The van der Waals surface area contributed by atoms with E-state index in [2.05, 4.69) is 10.2 Å². The van der Waals surface area contributed by atoms with Crippen LogP contribution in [0.5, 0.6) is 11.5 Å². The van der Waals surface area contributed by atoms with Crippen LogP contribution in [0.1, 0.15) is 44.1 Å². The van der Waals surface area contributed by atoms with Crippen LogP contribution in [0.4, 0.5) is 0 Å². The largest absolute Gasteiger partial charge is 0.493 e. The van der Waals surface area contributed by atoms with Gasteiger partial charge < -0.3 is 24.4 Å². The van der Waals surface area contributed by atoms with E-state index in [0.29, 0.717) is 44.0 Å². The lowest BCUT2D eigenvalue weighted by molar-refractivity contribution is -0.129. The van der Waals surface area contributed by atoms with Crippen molar-refractivity contribution in [1.82, 2.24) is 15.1 Å². The summed E-state index contributed by atoms with van der Waals surface area (Å²) in [6.45, 7) is 5.15. The van der Waals surface area contributed by atoms with Gasteiger partial charge >= 0.3 is 0 Å². The number of carbonyl (C=O) groups excluding carboxylic acids is 2. The van der Waals surface area contributed by atoms with Gasteiger partial charge in [-0.05, 0) is 37.0 Å². The van der Waals surface area contributed by atoms with E-state index in [-0.39, 0.29) is 23.3 Å². The summed E-state index contributed by atoms with van der Waals surface area (Å²) in [7, 11) is 3.23. The second kappa shape index (κ2) is 11.4. The molecule has 0 radical (unpaired) electrons. The van der Waals surface area contributed by atoms with Gasteiger partial charge in [-0.1, -0.05) is 25.3 Å². The molecule has 1 aromatic rings. The fourth-order valence-electron chi connectivity index (χ4n) is 5.71. The molecule has 2 saturated heterocycles. The van der Waals surface area contributed by atoms with Crippen molar-refractivity contribution in [1.29, 1.82) is 0 Å². The summed E-state index contributed by atoms with van der Waals surface area (Å²) in [6.07, 6.45) is 6.93. The number of benzene rings is 1. The van der Waals surface area contributed by atoms with Crippen molar-refractivity contribution < 1.29 is 23.8 Å². The first-order valence-corrected chi connectivity index (χ1v) is 12.6. The SMILES string of the molecule is COc1ccc(CCN2C[C@H](C(=O)NCC3(N4CCOCC4)CCCCC3)CC2=O)cc1OC. The van der Waals surface area contributed by atoms with Gasteiger partial charge in [0, 0.05) is 44.7 Å². The van der Waals surface area contributed by atoms with Gasteiger partial charge in [-0.15, -0.1) is 0 Å². The van der Waals surface area contributed by atoms with Crippen LogP contribution in [-0.2, 0) is 20.7 Å². The molecular formula is C26H39N3O5. The highest BCUT2D eigenvalue weighted by molar-refractivity contribution is 5.89. The summed E-state index contributed by atoms with van der Waals surface area (Å²) in [5, 5.41) is 3.24. The normalized spacial score (nSPS) is 23.1. The standard InChI is InChI=1S/C26H39N3O5/c1-32-22-7-6-20(16-23(22)33-2)8-11-28-18-21(17-24(28)30)25(31)27-19-26(9-4-3-5-10-26)29-12-14-34-15-13-29/h6-7,16,21H,3-5,8-15,17-19H2,1-2H3,(H,27,31)/t21-/m1/s1. The fourth-order valence-corrected chi connectivity index (χ4v) is 5.71. The van der Waals surface area contributed by atoms with E-state index in [1.807, 2.05) is 23.1 Å². The third kappa shape index (κ3) is 5.66. The minimum atomic E-state index is -0.275. The van der Waals surface area contributed by atoms with E-state index in [1.165, 1.54) is 19.3 Å². The molecular weight excluding hydrogens is 434 g/mol. The summed E-state index contributed by atoms with van der Waals surface area (Å²) >= 11 is 0. The number of rotatable bonds is 9. The van der Waals surface area contributed by atoms with Gasteiger partial charge in [0.15, 0.2) is 11.5 Å². The number of hydrogen-bond acceptors (Lipinski definition) is 6. The number of likely N-dealkylation sites (tertiary alicyclic amines) is 1. The molecule has 2 amide bonds. The maximum Gasteiger partial charge on any atom is 0.225 e. The van der Waals surface area contributed by atoms with Gasteiger partial charge in [-0.2, -0.15) is 0 Å². The Kier molecular flexibility index (Phi) is 8.32. The van der Waals surface area contributed by atoms with E-state index in [9.17, 15) is 9.59 Å². The Hall–Kier alpha value is -2.32. The lowest BCUT2D eigenvalue weighted by Crippen LogP contribution is -2.60. The van der Waals surface area contributed by atoms with Crippen LogP contribution in [0.15, 0.2) is 18.2 Å². The first-order chi connectivity index (χ1) is 16.5. The molecule has 2 heterocycles. The molecule has 2 aliphatic heterocycles. The maximum atomic E-state index is 13.1. The van der Waals surface area contributed by atoms with Crippen molar-refractivity contribution in [3.8, 4) is 11.5 Å². The fraction of sp³-hybridized carbons (Fsp3) is 0.692. The van der Waals surface area contributed by atoms with Gasteiger partial charge in [-0.25, -0.2) is 0 Å². The van der Waals surface area contributed by atoms with E-state index in [0.717, 1.165) is 44.7 Å². The van der Waals surface area contributed by atoms with Crippen LogP contribution in [0.2, 0.25) is 0 Å².